The van der Waals surface area contributed by atoms with Gasteiger partial charge in [-0.25, -0.2) is 0 Å². The molecule has 1 fully saturated rings. The molecule has 2 nitrogen and oxygen atoms in total. The Morgan fingerprint density at radius 3 is 2.67 bits per heavy atom. The van der Waals surface area contributed by atoms with E-state index >= 15 is 0 Å². The second-order valence-corrected chi connectivity index (χ2v) is 4.79. The number of hydrogen-bond donors (Lipinski definition) is 1. The molecule has 0 saturated carbocycles. The van der Waals surface area contributed by atoms with Gasteiger partial charge in [0.1, 0.15) is 0 Å². The molecule has 0 aromatic rings. The zero-order chi connectivity index (χ0) is 9.19. The maximum atomic E-state index is 9.64. The van der Waals surface area contributed by atoms with Gasteiger partial charge in [0.2, 0.25) is 0 Å². The molecule has 0 aromatic carbocycles. The summed E-state index contributed by atoms with van der Waals surface area (Å²) in [6.45, 7) is 6.19. The minimum atomic E-state index is -0.483. The lowest BCUT2D eigenvalue weighted by Crippen LogP contribution is -2.35. The third-order valence-electron chi connectivity index (χ3n) is 2.51. The van der Waals surface area contributed by atoms with E-state index in [1.54, 1.807) is 0 Å². The molecule has 1 rings (SSSR count). The van der Waals surface area contributed by atoms with Gasteiger partial charge in [-0.2, -0.15) is 0 Å². The number of piperidine rings is 1. The van der Waals surface area contributed by atoms with Gasteiger partial charge in [0.05, 0.1) is 5.60 Å². The van der Waals surface area contributed by atoms with Crippen LogP contribution in [0, 0.1) is 5.92 Å². The van der Waals surface area contributed by atoms with Gasteiger partial charge in [0.25, 0.3) is 0 Å². The van der Waals surface area contributed by atoms with E-state index in [0.717, 1.165) is 13.0 Å². The van der Waals surface area contributed by atoms with Crippen molar-refractivity contribution in [3.63, 3.8) is 0 Å². The van der Waals surface area contributed by atoms with Gasteiger partial charge in [-0.15, -0.1) is 0 Å². The van der Waals surface area contributed by atoms with E-state index in [-0.39, 0.29) is 0 Å². The van der Waals surface area contributed by atoms with E-state index < -0.39 is 5.60 Å². The van der Waals surface area contributed by atoms with Gasteiger partial charge in [-0.3, -0.25) is 0 Å². The number of hydrogen-bond acceptors (Lipinski definition) is 2. The third kappa shape index (κ3) is 3.55. The first kappa shape index (κ1) is 10.0. The van der Waals surface area contributed by atoms with Crippen molar-refractivity contribution in [3.8, 4) is 0 Å². The summed E-state index contributed by atoms with van der Waals surface area (Å²) in [5, 5.41) is 9.64. The van der Waals surface area contributed by atoms with Gasteiger partial charge < -0.3 is 10.0 Å². The fourth-order valence-corrected chi connectivity index (χ4v) is 2.15. The van der Waals surface area contributed by atoms with Crippen LogP contribution in [-0.2, 0) is 0 Å². The van der Waals surface area contributed by atoms with Gasteiger partial charge in [0, 0.05) is 6.54 Å². The molecule has 0 bridgehead atoms. The Morgan fingerprint density at radius 2 is 2.17 bits per heavy atom. The summed E-state index contributed by atoms with van der Waals surface area (Å²) in [7, 11) is 2.16. The highest BCUT2D eigenvalue weighted by atomic mass is 16.3. The lowest BCUT2D eigenvalue weighted by Gasteiger charge is -2.33. The Morgan fingerprint density at radius 1 is 1.50 bits per heavy atom. The van der Waals surface area contributed by atoms with Crippen molar-refractivity contribution in [1.29, 1.82) is 0 Å². The standard InChI is InChI=1S/C10H21NO/c1-10(2,12)7-9-5-4-6-11(3)8-9/h9,12H,4-8H2,1-3H3. The average Bonchev–Trinajstić information content (AvgIpc) is 1.82. The normalized spacial score (nSPS) is 27.5. The number of rotatable bonds is 2. The van der Waals surface area contributed by atoms with Gasteiger partial charge in [-0.05, 0) is 52.6 Å². The Kier molecular flexibility index (Phi) is 3.13. The van der Waals surface area contributed by atoms with E-state index in [4.69, 9.17) is 0 Å². The second kappa shape index (κ2) is 3.75. The molecular weight excluding hydrogens is 150 g/mol. The van der Waals surface area contributed by atoms with Crippen LogP contribution in [0.1, 0.15) is 33.1 Å². The van der Waals surface area contributed by atoms with Crippen molar-refractivity contribution >= 4 is 0 Å². The van der Waals surface area contributed by atoms with Crippen LogP contribution in [0.15, 0.2) is 0 Å². The summed E-state index contributed by atoms with van der Waals surface area (Å²) in [5.74, 6) is 0.698. The Bertz CT molecular complexity index is 139. The van der Waals surface area contributed by atoms with Crippen LogP contribution in [0.2, 0.25) is 0 Å². The Hall–Kier alpha value is -0.0800. The predicted molar refractivity (Wildman–Crippen MR) is 51.1 cm³/mol. The maximum Gasteiger partial charge on any atom is 0.0594 e. The Balaban J connectivity index is 2.32. The minimum Gasteiger partial charge on any atom is -0.390 e. The molecule has 0 aromatic heterocycles. The molecule has 0 aliphatic carbocycles. The molecule has 1 heterocycles. The molecule has 12 heavy (non-hydrogen) atoms. The van der Waals surface area contributed by atoms with Crippen LogP contribution in [0.5, 0.6) is 0 Å². The van der Waals surface area contributed by atoms with Crippen LogP contribution < -0.4 is 0 Å². The summed E-state index contributed by atoms with van der Waals surface area (Å²) >= 11 is 0. The fraction of sp³-hybridized carbons (Fsp3) is 1.00. The zero-order valence-electron chi connectivity index (χ0n) is 8.51. The first-order valence-corrected chi connectivity index (χ1v) is 4.88. The van der Waals surface area contributed by atoms with Crippen molar-refractivity contribution in [1.82, 2.24) is 4.90 Å². The van der Waals surface area contributed by atoms with Gasteiger partial charge in [0.15, 0.2) is 0 Å². The number of likely N-dealkylation sites (tertiary alicyclic amines) is 1. The van der Waals surface area contributed by atoms with Crippen molar-refractivity contribution in [2.45, 2.75) is 38.7 Å². The highest BCUT2D eigenvalue weighted by Crippen LogP contribution is 2.24. The first-order valence-electron chi connectivity index (χ1n) is 4.88. The van der Waals surface area contributed by atoms with E-state index in [1.165, 1.54) is 19.4 Å². The average molecular weight is 171 g/mol. The summed E-state index contributed by atoms with van der Waals surface area (Å²) in [5.41, 5.74) is -0.483. The molecule has 0 spiro atoms. The second-order valence-electron chi connectivity index (χ2n) is 4.79. The summed E-state index contributed by atoms with van der Waals surface area (Å²) in [4.78, 5) is 2.36. The molecule has 1 N–H and O–H groups in total. The smallest absolute Gasteiger partial charge is 0.0594 e. The topological polar surface area (TPSA) is 23.5 Å². The first-order chi connectivity index (χ1) is 5.47. The fourth-order valence-electron chi connectivity index (χ4n) is 2.15. The molecule has 1 aliphatic heterocycles. The molecule has 1 saturated heterocycles. The lowest BCUT2D eigenvalue weighted by molar-refractivity contribution is 0.0375. The highest BCUT2D eigenvalue weighted by Gasteiger charge is 2.23. The van der Waals surface area contributed by atoms with Crippen LogP contribution in [-0.4, -0.2) is 35.7 Å². The lowest BCUT2D eigenvalue weighted by atomic mass is 9.88. The van der Waals surface area contributed by atoms with Crippen molar-refractivity contribution in [2.75, 3.05) is 20.1 Å². The van der Waals surface area contributed by atoms with Crippen LogP contribution >= 0.6 is 0 Å². The molecule has 1 atom stereocenters. The Labute approximate surface area is 75.6 Å². The quantitative estimate of drug-likeness (QED) is 0.680. The molecule has 72 valence electrons. The maximum absolute atomic E-state index is 9.64. The molecule has 1 aliphatic rings. The third-order valence-corrected chi connectivity index (χ3v) is 2.51. The summed E-state index contributed by atoms with van der Waals surface area (Å²) < 4.78 is 0. The van der Waals surface area contributed by atoms with Crippen LogP contribution in [0.3, 0.4) is 0 Å². The predicted octanol–water partition coefficient (Wildman–Crippen LogP) is 1.49. The number of nitrogens with zero attached hydrogens (tertiary/aromatic N) is 1. The minimum absolute atomic E-state index is 0.483. The molecular formula is C10H21NO. The monoisotopic (exact) mass is 171 g/mol. The highest BCUT2D eigenvalue weighted by molar-refractivity contribution is 4.77. The van der Waals surface area contributed by atoms with Crippen molar-refractivity contribution in [3.05, 3.63) is 0 Å². The zero-order valence-corrected chi connectivity index (χ0v) is 8.51. The van der Waals surface area contributed by atoms with Gasteiger partial charge in [-0.1, -0.05) is 0 Å². The van der Waals surface area contributed by atoms with Crippen molar-refractivity contribution in [2.24, 2.45) is 5.92 Å². The summed E-state index contributed by atoms with van der Waals surface area (Å²) in [6, 6.07) is 0. The van der Waals surface area contributed by atoms with Crippen LogP contribution in [0.25, 0.3) is 0 Å². The largest absolute Gasteiger partial charge is 0.390 e. The van der Waals surface area contributed by atoms with E-state index in [2.05, 4.69) is 11.9 Å². The van der Waals surface area contributed by atoms with E-state index in [1.807, 2.05) is 13.8 Å². The molecule has 0 radical (unpaired) electrons. The van der Waals surface area contributed by atoms with E-state index in [9.17, 15) is 5.11 Å². The SMILES string of the molecule is CN1CCCC(CC(C)(C)O)C1. The van der Waals surface area contributed by atoms with Crippen molar-refractivity contribution < 1.29 is 5.11 Å². The molecule has 2 heteroatoms. The molecule has 1 unspecified atom stereocenters. The molecule has 0 amide bonds. The summed E-state index contributed by atoms with van der Waals surface area (Å²) in [6.07, 6.45) is 3.52. The van der Waals surface area contributed by atoms with Gasteiger partial charge >= 0.3 is 0 Å². The van der Waals surface area contributed by atoms with Crippen LogP contribution in [0.4, 0.5) is 0 Å². The number of aliphatic hydroxyl groups is 1. The van der Waals surface area contributed by atoms with E-state index in [0.29, 0.717) is 5.92 Å².